The summed E-state index contributed by atoms with van der Waals surface area (Å²) < 4.78 is 11.1. The van der Waals surface area contributed by atoms with E-state index >= 15 is 0 Å². The van der Waals surface area contributed by atoms with E-state index in [0.29, 0.717) is 24.8 Å². The highest BCUT2D eigenvalue weighted by atomic mass is 16.6. The lowest BCUT2D eigenvalue weighted by Gasteiger charge is -2.36. The molecule has 40 heavy (non-hydrogen) atoms. The molecule has 1 saturated carbocycles. The van der Waals surface area contributed by atoms with E-state index in [1.165, 1.54) is 17.9 Å². The molecule has 4 amide bonds. The summed E-state index contributed by atoms with van der Waals surface area (Å²) in [6, 6.07) is 9.71. The maximum absolute atomic E-state index is 13.5. The predicted octanol–water partition coefficient (Wildman–Crippen LogP) is 2.00. The van der Waals surface area contributed by atoms with Crippen molar-refractivity contribution in [1.29, 1.82) is 0 Å². The Morgan fingerprint density at radius 2 is 1.68 bits per heavy atom. The highest BCUT2D eigenvalue weighted by Crippen LogP contribution is 2.25. The number of rotatable bonds is 9. The third kappa shape index (κ3) is 7.67. The van der Waals surface area contributed by atoms with Gasteiger partial charge >= 0.3 is 6.09 Å². The van der Waals surface area contributed by atoms with Gasteiger partial charge in [0.05, 0.1) is 6.61 Å². The van der Waals surface area contributed by atoms with Crippen molar-refractivity contribution in [3.8, 4) is 17.3 Å². The largest absolute Gasteiger partial charge is 0.474 e. The van der Waals surface area contributed by atoms with Gasteiger partial charge in [-0.05, 0) is 32.6 Å². The summed E-state index contributed by atoms with van der Waals surface area (Å²) in [6.07, 6.45) is 3.60. The van der Waals surface area contributed by atoms with Gasteiger partial charge in [0.1, 0.15) is 17.8 Å². The second kappa shape index (κ2) is 13.7. The van der Waals surface area contributed by atoms with Crippen molar-refractivity contribution in [2.75, 3.05) is 39.3 Å². The van der Waals surface area contributed by atoms with Crippen molar-refractivity contribution >= 4 is 23.8 Å². The van der Waals surface area contributed by atoms with Gasteiger partial charge in [0.2, 0.25) is 17.7 Å². The number of carbonyl (C=O) groups is 4. The van der Waals surface area contributed by atoms with Crippen molar-refractivity contribution in [2.24, 2.45) is 0 Å². The second-order valence-electron chi connectivity index (χ2n) is 9.78. The van der Waals surface area contributed by atoms with Crippen molar-refractivity contribution in [2.45, 2.75) is 51.7 Å². The van der Waals surface area contributed by atoms with Crippen LogP contribution in [0.5, 0.6) is 5.88 Å². The van der Waals surface area contributed by atoms with E-state index in [1.807, 2.05) is 30.3 Å². The van der Waals surface area contributed by atoms with Gasteiger partial charge in [-0.25, -0.2) is 9.78 Å². The molecule has 2 N–H and O–H groups in total. The third-order valence-electron chi connectivity index (χ3n) is 6.83. The lowest BCUT2D eigenvalue weighted by atomic mass is 10.2. The van der Waals surface area contributed by atoms with E-state index in [1.54, 1.807) is 11.8 Å². The number of amides is 4. The molecule has 2 aliphatic rings. The number of benzene rings is 1. The molecule has 1 unspecified atom stereocenters. The van der Waals surface area contributed by atoms with E-state index in [2.05, 4.69) is 20.6 Å². The van der Waals surface area contributed by atoms with Crippen LogP contribution in [0.25, 0.3) is 11.4 Å². The van der Waals surface area contributed by atoms with E-state index < -0.39 is 18.0 Å². The van der Waals surface area contributed by atoms with Crippen LogP contribution in [0, 0.1) is 0 Å². The summed E-state index contributed by atoms with van der Waals surface area (Å²) in [6.45, 7) is 4.40. The molecule has 1 aromatic heterocycles. The Labute approximate surface area is 233 Å². The number of ether oxygens (including phenoxy) is 2. The molecule has 12 heteroatoms. The quantitative estimate of drug-likeness (QED) is 0.481. The summed E-state index contributed by atoms with van der Waals surface area (Å²) in [4.78, 5) is 62.7. The van der Waals surface area contributed by atoms with Crippen molar-refractivity contribution in [1.82, 2.24) is 30.4 Å². The zero-order valence-electron chi connectivity index (χ0n) is 22.9. The fourth-order valence-electron chi connectivity index (χ4n) is 4.72. The van der Waals surface area contributed by atoms with Crippen LogP contribution in [0.1, 0.15) is 50.0 Å². The number of hydrogen-bond acceptors (Lipinski definition) is 8. The standard InChI is InChI=1S/C28H36N6O6/c1-3-39-28(38)34-15-13-33(14-16-34)27(37)23(18-29-19(2)35)31-26(36)22-17-24(40-21-11-7-8-12-21)32-25(30-22)20-9-5-4-6-10-20/h4-6,9-10,17,21,23H,3,7-8,11-16,18H2,1-2H3,(H,29,35)(H,31,36). The Bertz CT molecular complexity index is 1200. The lowest BCUT2D eigenvalue weighted by Crippen LogP contribution is -2.58. The Kier molecular flexibility index (Phi) is 9.87. The lowest BCUT2D eigenvalue weighted by molar-refractivity contribution is -0.134. The van der Waals surface area contributed by atoms with E-state index in [-0.39, 0.29) is 49.9 Å². The number of aromatic nitrogens is 2. The molecule has 1 aliphatic carbocycles. The van der Waals surface area contributed by atoms with Gasteiger partial charge in [-0.3, -0.25) is 14.4 Å². The van der Waals surface area contributed by atoms with Gasteiger partial charge in [0.15, 0.2) is 5.82 Å². The molecule has 1 aliphatic heterocycles. The minimum absolute atomic E-state index is 0.0248. The molecular weight excluding hydrogens is 516 g/mol. The van der Waals surface area contributed by atoms with Gasteiger partial charge in [-0.2, -0.15) is 4.98 Å². The van der Waals surface area contributed by atoms with Crippen LogP contribution in [0.2, 0.25) is 0 Å². The summed E-state index contributed by atoms with van der Waals surface area (Å²) in [7, 11) is 0. The van der Waals surface area contributed by atoms with Crippen LogP contribution < -0.4 is 15.4 Å². The fourth-order valence-corrected chi connectivity index (χ4v) is 4.72. The average Bonchev–Trinajstić information content (AvgIpc) is 3.48. The summed E-state index contributed by atoms with van der Waals surface area (Å²) in [5, 5.41) is 5.36. The van der Waals surface area contributed by atoms with Gasteiger partial charge < -0.3 is 29.9 Å². The van der Waals surface area contributed by atoms with Gasteiger partial charge in [-0.1, -0.05) is 30.3 Å². The maximum Gasteiger partial charge on any atom is 0.409 e. The summed E-state index contributed by atoms with van der Waals surface area (Å²) in [5.74, 6) is -0.665. The monoisotopic (exact) mass is 552 g/mol. The zero-order chi connectivity index (χ0) is 28.5. The first-order chi connectivity index (χ1) is 19.3. The van der Waals surface area contributed by atoms with Crippen LogP contribution in [-0.2, 0) is 14.3 Å². The first kappa shape index (κ1) is 28.8. The van der Waals surface area contributed by atoms with E-state index in [9.17, 15) is 19.2 Å². The Hall–Kier alpha value is -4.22. The number of nitrogens with one attached hydrogen (secondary N) is 2. The molecule has 1 atom stereocenters. The molecule has 1 saturated heterocycles. The van der Waals surface area contributed by atoms with Gasteiger partial charge in [0.25, 0.3) is 5.91 Å². The number of hydrogen-bond donors (Lipinski definition) is 2. The molecule has 0 spiro atoms. The first-order valence-electron chi connectivity index (χ1n) is 13.7. The predicted molar refractivity (Wildman–Crippen MR) is 145 cm³/mol. The van der Waals surface area contributed by atoms with Crippen LogP contribution in [-0.4, -0.2) is 95.1 Å². The first-order valence-corrected chi connectivity index (χ1v) is 13.7. The van der Waals surface area contributed by atoms with Crippen LogP contribution in [0.3, 0.4) is 0 Å². The summed E-state index contributed by atoms with van der Waals surface area (Å²) in [5.41, 5.74) is 0.772. The Morgan fingerprint density at radius 1 is 1.00 bits per heavy atom. The topological polar surface area (TPSA) is 143 Å². The van der Waals surface area contributed by atoms with Crippen molar-refractivity contribution in [3.05, 3.63) is 42.1 Å². The third-order valence-corrected chi connectivity index (χ3v) is 6.83. The van der Waals surface area contributed by atoms with E-state index in [0.717, 1.165) is 31.2 Å². The minimum atomic E-state index is -1.04. The van der Waals surface area contributed by atoms with Gasteiger partial charge in [-0.15, -0.1) is 0 Å². The molecule has 1 aromatic carbocycles. The molecule has 12 nitrogen and oxygen atoms in total. The maximum atomic E-state index is 13.5. The minimum Gasteiger partial charge on any atom is -0.474 e. The molecule has 2 heterocycles. The van der Waals surface area contributed by atoms with Crippen molar-refractivity contribution in [3.63, 3.8) is 0 Å². The molecule has 0 bridgehead atoms. The smallest absolute Gasteiger partial charge is 0.409 e. The number of nitrogens with zero attached hydrogens (tertiary/aromatic N) is 4. The van der Waals surface area contributed by atoms with Crippen LogP contribution in [0.15, 0.2) is 36.4 Å². The number of carbonyl (C=O) groups excluding carboxylic acids is 4. The highest BCUT2D eigenvalue weighted by molar-refractivity contribution is 5.97. The zero-order valence-corrected chi connectivity index (χ0v) is 22.9. The molecule has 2 aromatic rings. The Balaban J connectivity index is 1.52. The molecule has 2 fully saturated rings. The SMILES string of the molecule is CCOC(=O)N1CCN(C(=O)C(CNC(C)=O)NC(=O)c2cc(OC3CCCC3)nc(-c3ccccc3)n2)CC1. The average molecular weight is 553 g/mol. The van der Waals surface area contributed by atoms with E-state index in [4.69, 9.17) is 9.47 Å². The number of piperazine rings is 1. The van der Waals surface area contributed by atoms with Crippen LogP contribution >= 0.6 is 0 Å². The van der Waals surface area contributed by atoms with Crippen LogP contribution in [0.4, 0.5) is 4.79 Å². The molecule has 0 radical (unpaired) electrons. The van der Waals surface area contributed by atoms with Crippen molar-refractivity contribution < 1.29 is 28.7 Å². The normalized spacial score (nSPS) is 16.2. The summed E-state index contributed by atoms with van der Waals surface area (Å²) >= 11 is 0. The molecule has 4 rings (SSSR count). The second-order valence-corrected chi connectivity index (χ2v) is 9.78. The fraction of sp³-hybridized carbons (Fsp3) is 0.500. The Morgan fingerprint density at radius 3 is 2.33 bits per heavy atom. The molecular formula is C28H36N6O6. The molecule has 214 valence electrons. The highest BCUT2D eigenvalue weighted by Gasteiger charge is 2.31. The van der Waals surface area contributed by atoms with Gasteiger partial charge in [0, 0.05) is 51.3 Å².